The molecule has 1 atom stereocenters. The standard InChI is InChI=1S/C22H24FN3O3S/c1-27-16-9-11-17(12-10-16)29-14-21-24-25-22(30-15-18-6-4-5-13-28-18)26(21)20-8-3-2-7-19(20)23/h2-3,7-12,18H,4-6,13-15H2,1H3/t18-/m1/s1. The van der Waals surface area contributed by atoms with Gasteiger partial charge in [-0.1, -0.05) is 23.9 Å². The predicted octanol–water partition coefficient (Wildman–Crippen LogP) is 4.66. The lowest BCUT2D eigenvalue weighted by atomic mass is 10.1. The Labute approximate surface area is 179 Å². The van der Waals surface area contributed by atoms with Gasteiger partial charge in [-0.25, -0.2) is 4.39 Å². The smallest absolute Gasteiger partial charge is 0.196 e. The van der Waals surface area contributed by atoms with Crippen LogP contribution >= 0.6 is 11.8 Å². The molecule has 0 amide bonds. The average Bonchev–Trinajstić information content (AvgIpc) is 3.20. The van der Waals surface area contributed by atoms with E-state index in [-0.39, 0.29) is 18.5 Å². The van der Waals surface area contributed by atoms with Gasteiger partial charge in [0.1, 0.15) is 23.9 Å². The molecule has 30 heavy (non-hydrogen) atoms. The third-order valence-electron chi connectivity index (χ3n) is 4.89. The molecule has 8 heteroatoms. The molecule has 1 aliphatic heterocycles. The lowest BCUT2D eigenvalue weighted by Crippen LogP contribution is -2.21. The predicted molar refractivity (Wildman–Crippen MR) is 113 cm³/mol. The molecule has 1 saturated heterocycles. The van der Waals surface area contributed by atoms with E-state index in [1.54, 1.807) is 29.9 Å². The molecule has 0 aliphatic carbocycles. The Morgan fingerprint density at radius 1 is 1.10 bits per heavy atom. The van der Waals surface area contributed by atoms with Crippen LogP contribution in [0.4, 0.5) is 4.39 Å². The Hall–Kier alpha value is -2.58. The zero-order valence-corrected chi connectivity index (χ0v) is 17.6. The molecule has 2 aromatic carbocycles. The molecule has 0 N–H and O–H groups in total. The number of halogens is 1. The van der Waals surface area contributed by atoms with Crippen LogP contribution in [0.5, 0.6) is 11.5 Å². The average molecular weight is 430 g/mol. The third-order valence-corrected chi connectivity index (χ3v) is 5.95. The van der Waals surface area contributed by atoms with Gasteiger partial charge in [0.2, 0.25) is 0 Å². The molecule has 0 spiro atoms. The summed E-state index contributed by atoms with van der Waals surface area (Å²) in [5, 5.41) is 9.22. The van der Waals surface area contributed by atoms with Crippen molar-refractivity contribution in [2.75, 3.05) is 19.5 Å². The van der Waals surface area contributed by atoms with Crippen molar-refractivity contribution in [1.29, 1.82) is 0 Å². The highest BCUT2D eigenvalue weighted by Crippen LogP contribution is 2.27. The van der Waals surface area contributed by atoms with Crippen LogP contribution in [-0.2, 0) is 11.3 Å². The van der Waals surface area contributed by atoms with Gasteiger partial charge in [0.05, 0.1) is 18.9 Å². The number of para-hydroxylation sites is 1. The second-order valence-electron chi connectivity index (χ2n) is 6.95. The van der Waals surface area contributed by atoms with E-state index in [0.29, 0.717) is 22.4 Å². The number of hydrogen-bond donors (Lipinski definition) is 0. The van der Waals surface area contributed by atoms with E-state index in [4.69, 9.17) is 14.2 Å². The molecule has 3 aromatic rings. The van der Waals surface area contributed by atoms with Crippen molar-refractivity contribution >= 4 is 11.8 Å². The molecule has 2 heterocycles. The van der Waals surface area contributed by atoms with Gasteiger partial charge in [-0.05, 0) is 55.7 Å². The third kappa shape index (κ3) is 4.94. The molecule has 1 aromatic heterocycles. The highest BCUT2D eigenvalue weighted by molar-refractivity contribution is 7.99. The van der Waals surface area contributed by atoms with E-state index in [1.807, 2.05) is 24.3 Å². The van der Waals surface area contributed by atoms with Crippen LogP contribution in [0.1, 0.15) is 25.1 Å². The van der Waals surface area contributed by atoms with E-state index < -0.39 is 0 Å². The summed E-state index contributed by atoms with van der Waals surface area (Å²) in [5.41, 5.74) is 0.405. The first-order valence-corrected chi connectivity index (χ1v) is 10.9. The molecule has 0 saturated carbocycles. The maximum atomic E-state index is 14.6. The van der Waals surface area contributed by atoms with Crippen LogP contribution < -0.4 is 9.47 Å². The summed E-state index contributed by atoms with van der Waals surface area (Å²) in [5.74, 6) is 2.37. The summed E-state index contributed by atoms with van der Waals surface area (Å²) in [7, 11) is 1.62. The van der Waals surface area contributed by atoms with Crippen LogP contribution in [0.2, 0.25) is 0 Å². The second-order valence-corrected chi connectivity index (χ2v) is 7.94. The number of rotatable bonds is 8. The summed E-state index contributed by atoms with van der Waals surface area (Å²) in [4.78, 5) is 0. The lowest BCUT2D eigenvalue weighted by Gasteiger charge is -2.22. The summed E-state index contributed by atoms with van der Waals surface area (Å²) in [6, 6.07) is 13.9. The van der Waals surface area contributed by atoms with Gasteiger partial charge in [-0.15, -0.1) is 10.2 Å². The van der Waals surface area contributed by atoms with E-state index in [1.165, 1.54) is 24.2 Å². The van der Waals surface area contributed by atoms with E-state index in [9.17, 15) is 4.39 Å². The van der Waals surface area contributed by atoms with Gasteiger partial charge in [0, 0.05) is 12.4 Å². The molecule has 0 bridgehead atoms. The fraction of sp³-hybridized carbons (Fsp3) is 0.364. The van der Waals surface area contributed by atoms with Crippen molar-refractivity contribution in [2.45, 2.75) is 37.1 Å². The molecular weight excluding hydrogens is 405 g/mol. The normalized spacial score (nSPS) is 16.4. The van der Waals surface area contributed by atoms with E-state index >= 15 is 0 Å². The molecule has 1 fully saturated rings. The second kappa shape index (κ2) is 9.95. The maximum absolute atomic E-state index is 14.6. The van der Waals surface area contributed by atoms with Gasteiger partial charge >= 0.3 is 0 Å². The molecule has 0 radical (unpaired) electrons. The molecular formula is C22H24FN3O3S. The van der Waals surface area contributed by atoms with Crippen LogP contribution in [0.3, 0.4) is 0 Å². The molecule has 4 rings (SSSR count). The quantitative estimate of drug-likeness (QED) is 0.486. The van der Waals surface area contributed by atoms with Crippen molar-refractivity contribution in [3.8, 4) is 17.2 Å². The minimum absolute atomic E-state index is 0.161. The minimum Gasteiger partial charge on any atom is -0.497 e. The maximum Gasteiger partial charge on any atom is 0.196 e. The van der Waals surface area contributed by atoms with E-state index in [0.717, 1.165) is 31.0 Å². The van der Waals surface area contributed by atoms with Gasteiger partial charge in [-0.2, -0.15) is 0 Å². The Morgan fingerprint density at radius 3 is 2.63 bits per heavy atom. The van der Waals surface area contributed by atoms with Crippen LogP contribution in [0.25, 0.3) is 5.69 Å². The molecule has 0 unspecified atom stereocenters. The van der Waals surface area contributed by atoms with Crippen molar-refractivity contribution in [2.24, 2.45) is 0 Å². The first-order valence-electron chi connectivity index (χ1n) is 9.95. The monoisotopic (exact) mass is 429 g/mol. The number of methoxy groups -OCH3 is 1. The number of nitrogens with zero attached hydrogens (tertiary/aromatic N) is 3. The fourth-order valence-corrected chi connectivity index (χ4v) is 4.32. The van der Waals surface area contributed by atoms with Crippen molar-refractivity contribution in [3.05, 3.63) is 60.2 Å². The number of hydrogen-bond acceptors (Lipinski definition) is 6. The van der Waals surface area contributed by atoms with Gasteiger partial charge in [-0.3, -0.25) is 4.57 Å². The van der Waals surface area contributed by atoms with Crippen LogP contribution in [0.15, 0.2) is 53.7 Å². The zero-order chi connectivity index (χ0) is 20.8. The van der Waals surface area contributed by atoms with Crippen molar-refractivity contribution < 1.29 is 18.6 Å². The van der Waals surface area contributed by atoms with Crippen LogP contribution in [0, 0.1) is 5.82 Å². The fourth-order valence-electron chi connectivity index (χ4n) is 3.29. The summed E-state index contributed by atoms with van der Waals surface area (Å²) in [6.45, 7) is 0.959. The van der Waals surface area contributed by atoms with Crippen molar-refractivity contribution in [3.63, 3.8) is 0 Å². The Kier molecular flexibility index (Phi) is 6.86. The number of benzene rings is 2. The Bertz CT molecular complexity index is 959. The van der Waals surface area contributed by atoms with Gasteiger partial charge < -0.3 is 14.2 Å². The summed E-state index contributed by atoms with van der Waals surface area (Å²) in [6.07, 6.45) is 3.51. The van der Waals surface area contributed by atoms with E-state index in [2.05, 4.69) is 10.2 Å². The Balaban J connectivity index is 1.54. The van der Waals surface area contributed by atoms with Crippen molar-refractivity contribution in [1.82, 2.24) is 14.8 Å². The van der Waals surface area contributed by atoms with Gasteiger partial charge in [0.15, 0.2) is 11.0 Å². The highest BCUT2D eigenvalue weighted by Gasteiger charge is 2.20. The first kappa shape index (κ1) is 20.7. The largest absolute Gasteiger partial charge is 0.497 e. The number of aromatic nitrogens is 3. The Morgan fingerprint density at radius 2 is 1.90 bits per heavy atom. The molecule has 1 aliphatic rings. The van der Waals surface area contributed by atoms with Gasteiger partial charge in [0.25, 0.3) is 0 Å². The van der Waals surface area contributed by atoms with Crippen LogP contribution in [-0.4, -0.2) is 40.3 Å². The SMILES string of the molecule is COc1ccc(OCc2nnc(SC[C@H]3CCCCO3)n2-c2ccccc2F)cc1. The summed E-state index contributed by atoms with van der Waals surface area (Å²) < 4.78 is 33.2. The minimum atomic E-state index is -0.334. The molecule has 6 nitrogen and oxygen atoms in total. The molecule has 158 valence electrons. The topological polar surface area (TPSA) is 58.4 Å². The first-order chi connectivity index (χ1) is 14.7. The lowest BCUT2D eigenvalue weighted by molar-refractivity contribution is 0.0315. The highest BCUT2D eigenvalue weighted by atomic mass is 32.2. The number of thioether (sulfide) groups is 1. The zero-order valence-electron chi connectivity index (χ0n) is 16.8. The number of ether oxygens (including phenoxy) is 3. The summed E-state index contributed by atoms with van der Waals surface area (Å²) >= 11 is 1.53.